The lowest BCUT2D eigenvalue weighted by Gasteiger charge is -2.17. The highest BCUT2D eigenvalue weighted by molar-refractivity contribution is 6.33. The number of anilines is 1. The summed E-state index contributed by atoms with van der Waals surface area (Å²) in [5.74, 6) is -0.0523. The van der Waals surface area contributed by atoms with Gasteiger partial charge in [0.25, 0.3) is 0 Å². The van der Waals surface area contributed by atoms with Gasteiger partial charge in [-0.05, 0) is 55.9 Å². The molecule has 7 heteroatoms. The molecule has 5 nitrogen and oxygen atoms in total. The average molecular weight is 407 g/mol. The minimum Gasteiger partial charge on any atom is -0.497 e. The first-order valence-electron chi connectivity index (χ1n) is 8.86. The van der Waals surface area contributed by atoms with E-state index in [4.69, 9.17) is 21.1 Å². The number of halogens is 2. The van der Waals surface area contributed by atoms with Crippen molar-refractivity contribution in [3.05, 3.63) is 70.6 Å². The Kier molecular flexibility index (Phi) is 8.29. The molecule has 1 unspecified atom stereocenters. The lowest BCUT2D eigenvalue weighted by Crippen LogP contribution is -2.34. The topological polar surface area (TPSA) is 59.6 Å². The highest BCUT2D eigenvalue weighted by Crippen LogP contribution is 2.25. The molecule has 0 fully saturated rings. The molecule has 0 aromatic heterocycles. The van der Waals surface area contributed by atoms with E-state index in [1.165, 1.54) is 12.1 Å². The summed E-state index contributed by atoms with van der Waals surface area (Å²) in [6.07, 6.45) is 2.23. The smallest absolute Gasteiger partial charge is 0.327 e. The summed E-state index contributed by atoms with van der Waals surface area (Å²) in [4.78, 5) is 12.2. The summed E-state index contributed by atoms with van der Waals surface area (Å²) in [7, 11) is 3.28. The third kappa shape index (κ3) is 6.25. The molecule has 0 saturated heterocycles. The van der Waals surface area contributed by atoms with Crippen LogP contribution in [0.15, 0.2) is 54.2 Å². The molecule has 0 radical (unpaired) electrons. The van der Waals surface area contributed by atoms with Crippen molar-refractivity contribution >= 4 is 23.3 Å². The van der Waals surface area contributed by atoms with E-state index in [2.05, 4.69) is 10.6 Å². The van der Waals surface area contributed by atoms with E-state index in [-0.39, 0.29) is 17.6 Å². The van der Waals surface area contributed by atoms with Crippen molar-refractivity contribution in [3.8, 4) is 5.75 Å². The van der Waals surface area contributed by atoms with Crippen molar-refractivity contribution in [1.29, 1.82) is 0 Å². The van der Waals surface area contributed by atoms with Gasteiger partial charge in [0.15, 0.2) is 0 Å². The van der Waals surface area contributed by atoms with Crippen LogP contribution >= 0.6 is 11.6 Å². The van der Waals surface area contributed by atoms with Crippen LogP contribution in [-0.4, -0.2) is 32.8 Å². The second kappa shape index (κ2) is 10.7. The summed E-state index contributed by atoms with van der Waals surface area (Å²) in [5.41, 5.74) is 2.25. The number of carbonyl (C=O) groups is 1. The molecule has 0 aliphatic heterocycles. The van der Waals surface area contributed by atoms with Crippen molar-refractivity contribution in [2.45, 2.75) is 19.4 Å². The molecule has 0 heterocycles. The van der Waals surface area contributed by atoms with Gasteiger partial charge < -0.3 is 20.1 Å². The molecule has 2 N–H and O–H groups in total. The molecule has 1 atom stereocenters. The molecule has 0 amide bonds. The van der Waals surface area contributed by atoms with Crippen LogP contribution < -0.4 is 15.4 Å². The van der Waals surface area contributed by atoms with Crippen molar-refractivity contribution in [3.63, 3.8) is 0 Å². The first kappa shape index (κ1) is 21.7. The maximum atomic E-state index is 13.3. The molecule has 150 valence electrons. The van der Waals surface area contributed by atoms with E-state index >= 15 is 0 Å². The predicted octanol–water partition coefficient (Wildman–Crippen LogP) is 4.18. The Morgan fingerprint density at radius 1 is 1.25 bits per heavy atom. The van der Waals surface area contributed by atoms with Crippen molar-refractivity contribution < 1.29 is 18.7 Å². The van der Waals surface area contributed by atoms with Gasteiger partial charge in [-0.1, -0.05) is 23.7 Å². The number of benzene rings is 2. The van der Waals surface area contributed by atoms with E-state index in [0.29, 0.717) is 17.8 Å². The van der Waals surface area contributed by atoms with Crippen LogP contribution in [0, 0.1) is 5.82 Å². The number of ether oxygens (including phenoxy) is 2. The van der Waals surface area contributed by atoms with E-state index in [1.807, 2.05) is 24.3 Å². The van der Waals surface area contributed by atoms with Crippen LogP contribution in [-0.2, 0) is 16.0 Å². The number of likely N-dealkylation sites (N-methyl/N-ethyl adjacent to an activating group) is 1. The van der Waals surface area contributed by atoms with Gasteiger partial charge in [-0.2, -0.15) is 0 Å². The first-order valence-corrected chi connectivity index (χ1v) is 9.24. The molecule has 2 aromatic rings. The molecule has 2 aromatic carbocycles. The zero-order valence-corrected chi connectivity index (χ0v) is 16.8. The standard InChI is InChI=1S/C21H24ClFN2O3/c1-4-28-21(26)20(24-2)13-16(11-14-5-8-17(27-3)9-6-14)25-19-10-7-15(23)12-18(19)22/h5-10,12-13,20,24-25H,4,11H2,1-3H3/b16-13-. The zero-order valence-electron chi connectivity index (χ0n) is 16.1. The summed E-state index contributed by atoms with van der Waals surface area (Å²) in [6.45, 7) is 2.04. The highest BCUT2D eigenvalue weighted by atomic mass is 35.5. The Bertz CT molecular complexity index is 825. The minimum absolute atomic E-state index is 0.248. The number of methoxy groups -OCH3 is 1. The van der Waals surface area contributed by atoms with Gasteiger partial charge >= 0.3 is 5.97 Å². The molecule has 0 saturated carbocycles. The Labute approximate surface area is 169 Å². The maximum Gasteiger partial charge on any atom is 0.327 e. The Morgan fingerprint density at radius 2 is 1.96 bits per heavy atom. The van der Waals surface area contributed by atoms with E-state index < -0.39 is 11.9 Å². The molecule has 0 bridgehead atoms. The third-order valence-corrected chi connectivity index (χ3v) is 4.31. The number of nitrogens with one attached hydrogen (secondary N) is 2. The van der Waals surface area contributed by atoms with Gasteiger partial charge in [0.1, 0.15) is 17.6 Å². The number of hydrogen-bond donors (Lipinski definition) is 2. The number of allylic oxidation sites excluding steroid dienone is 1. The fourth-order valence-corrected chi connectivity index (χ4v) is 2.79. The van der Waals surface area contributed by atoms with E-state index in [9.17, 15) is 9.18 Å². The van der Waals surface area contributed by atoms with Crippen LogP contribution in [0.25, 0.3) is 0 Å². The number of carbonyl (C=O) groups excluding carboxylic acids is 1. The van der Waals surface area contributed by atoms with Crippen LogP contribution in [0.2, 0.25) is 5.02 Å². The Morgan fingerprint density at radius 3 is 2.54 bits per heavy atom. The molecular formula is C21H24ClFN2O3. The number of esters is 1. The molecule has 2 rings (SSSR count). The molecule has 0 spiro atoms. The third-order valence-electron chi connectivity index (χ3n) is 4.00. The maximum absolute atomic E-state index is 13.3. The predicted molar refractivity (Wildman–Crippen MR) is 109 cm³/mol. The summed E-state index contributed by atoms with van der Waals surface area (Å²) in [6, 6.07) is 11.0. The van der Waals surface area contributed by atoms with Gasteiger partial charge in [0, 0.05) is 12.1 Å². The van der Waals surface area contributed by atoms with Crippen molar-refractivity contribution in [2.75, 3.05) is 26.1 Å². The SMILES string of the molecule is CCOC(=O)C(/C=C(/Cc1ccc(OC)cc1)Nc1ccc(F)cc1Cl)NC. The lowest BCUT2D eigenvalue weighted by atomic mass is 10.1. The second-order valence-electron chi connectivity index (χ2n) is 5.98. The normalized spacial score (nSPS) is 12.4. The highest BCUT2D eigenvalue weighted by Gasteiger charge is 2.17. The summed E-state index contributed by atoms with van der Waals surface area (Å²) < 4.78 is 23.6. The lowest BCUT2D eigenvalue weighted by molar-refractivity contribution is -0.144. The minimum atomic E-state index is -0.639. The largest absolute Gasteiger partial charge is 0.497 e. The molecule has 0 aliphatic carbocycles. The summed E-state index contributed by atoms with van der Waals surface area (Å²) >= 11 is 6.15. The van der Waals surface area contributed by atoms with E-state index in [1.54, 1.807) is 33.2 Å². The van der Waals surface area contributed by atoms with Crippen LogP contribution in [0.1, 0.15) is 12.5 Å². The fraction of sp³-hybridized carbons (Fsp3) is 0.286. The zero-order chi connectivity index (χ0) is 20.5. The monoisotopic (exact) mass is 406 g/mol. The Hall–Kier alpha value is -2.57. The summed E-state index contributed by atoms with van der Waals surface area (Å²) in [5, 5.41) is 6.37. The molecular weight excluding hydrogens is 383 g/mol. The van der Waals surface area contributed by atoms with E-state index in [0.717, 1.165) is 11.3 Å². The number of rotatable bonds is 9. The first-order chi connectivity index (χ1) is 13.5. The van der Waals surface area contributed by atoms with Crippen LogP contribution in [0.4, 0.5) is 10.1 Å². The molecule has 0 aliphatic rings. The Balaban J connectivity index is 2.32. The van der Waals surface area contributed by atoms with Crippen LogP contribution in [0.5, 0.6) is 5.75 Å². The van der Waals surface area contributed by atoms with Gasteiger partial charge in [0.2, 0.25) is 0 Å². The number of hydrogen-bond acceptors (Lipinski definition) is 5. The molecule has 28 heavy (non-hydrogen) atoms. The van der Waals surface area contributed by atoms with Gasteiger partial charge in [-0.25, -0.2) is 4.39 Å². The second-order valence-corrected chi connectivity index (χ2v) is 6.39. The average Bonchev–Trinajstić information content (AvgIpc) is 2.68. The van der Waals surface area contributed by atoms with Gasteiger partial charge in [-0.15, -0.1) is 0 Å². The van der Waals surface area contributed by atoms with Crippen molar-refractivity contribution in [2.24, 2.45) is 0 Å². The van der Waals surface area contributed by atoms with Gasteiger partial charge in [0.05, 0.1) is 24.4 Å². The van der Waals surface area contributed by atoms with Gasteiger partial charge in [-0.3, -0.25) is 4.79 Å². The van der Waals surface area contributed by atoms with Crippen molar-refractivity contribution in [1.82, 2.24) is 5.32 Å². The van der Waals surface area contributed by atoms with Crippen LogP contribution in [0.3, 0.4) is 0 Å². The quantitative estimate of drug-likeness (QED) is 0.612. The fourth-order valence-electron chi connectivity index (χ4n) is 2.57.